The molecular weight excluding hydrogens is 449 g/mol. The third-order valence-electron chi connectivity index (χ3n) is 5.86. The normalized spacial score (nSPS) is 22.3. The first-order valence-electron chi connectivity index (χ1n) is 10.6. The Hall–Kier alpha value is -3.85. The first-order chi connectivity index (χ1) is 16.3. The van der Waals surface area contributed by atoms with Crippen LogP contribution in [0.5, 0.6) is 5.75 Å². The van der Waals surface area contributed by atoms with E-state index in [0.29, 0.717) is 11.3 Å². The summed E-state index contributed by atoms with van der Waals surface area (Å²) in [5.41, 5.74) is 1.94. The number of imide groups is 1. The fraction of sp³-hybridized carbons (Fsp3) is 0.200. The number of hydroxylamine groups is 1. The lowest BCUT2D eigenvalue weighted by Crippen LogP contribution is -2.36. The van der Waals surface area contributed by atoms with Crippen LogP contribution in [0.3, 0.4) is 0 Å². The van der Waals surface area contributed by atoms with Crippen molar-refractivity contribution in [2.45, 2.75) is 25.1 Å². The van der Waals surface area contributed by atoms with E-state index in [1.807, 2.05) is 36.4 Å². The Labute approximate surface area is 193 Å². The van der Waals surface area contributed by atoms with Gasteiger partial charge >= 0.3 is 6.36 Å². The molecule has 0 N–H and O–H groups in total. The fourth-order valence-corrected chi connectivity index (χ4v) is 4.40. The van der Waals surface area contributed by atoms with E-state index in [9.17, 15) is 22.8 Å². The van der Waals surface area contributed by atoms with E-state index in [0.717, 1.165) is 5.56 Å². The predicted molar refractivity (Wildman–Crippen MR) is 115 cm³/mol. The van der Waals surface area contributed by atoms with Crippen LogP contribution in [0.2, 0.25) is 0 Å². The Morgan fingerprint density at radius 2 is 1.44 bits per heavy atom. The number of ether oxygens (including phenoxy) is 1. The van der Waals surface area contributed by atoms with Crippen molar-refractivity contribution in [2.24, 2.45) is 5.92 Å². The number of likely N-dealkylation sites (tertiary alicyclic amines) is 1. The van der Waals surface area contributed by atoms with E-state index in [1.54, 1.807) is 24.3 Å². The number of alkyl halides is 3. The zero-order valence-electron chi connectivity index (χ0n) is 17.7. The molecule has 0 spiro atoms. The zero-order valence-corrected chi connectivity index (χ0v) is 17.7. The van der Waals surface area contributed by atoms with Gasteiger partial charge in [-0.25, -0.2) is 5.06 Å². The van der Waals surface area contributed by atoms with E-state index in [-0.39, 0.29) is 12.3 Å². The quantitative estimate of drug-likeness (QED) is 0.511. The Bertz CT molecular complexity index is 1190. The van der Waals surface area contributed by atoms with Crippen molar-refractivity contribution < 1.29 is 32.3 Å². The van der Waals surface area contributed by atoms with Gasteiger partial charge in [-0.1, -0.05) is 60.7 Å². The van der Waals surface area contributed by atoms with Crippen molar-refractivity contribution in [3.8, 4) is 5.75 Å². The van der Waals surface area contributed by atoms with Gasteiger partial charge in [0.05, 0.1) is 18.3 Å². The molecule has 0 aliphatic carbocycles. The van der Waals surface area contributed by atoms with Crippen LogP contribution in [0.1, 0.15) is 17.2 Å². The van der Waals surface area contributed by atoms with Gasteiger partial charge < -0.3 is 4.74 Å². The van der Waals surface area contributed by atoms with Crippen LogP contribution in [0.25, 0.3) is 0 Å². The summed E-state index contributed by atoms with van der Waals surface area (Å²) in [4.78, 5) is 33.8. The smallest absolute Gasteiger partial charge is 0.406 e. The van der Waals surface area contributed by atoms with Crippen molar-refractivity contribution in [2.75, 3.05) is 5.06 Å². The van der Waals surface area contributed by atoms with Crippen LogP contribution in [0.15, 0.2) is 84.9 Å². The molecule has 0 aromatic heterocycles. The Morgan fingerprint density at radius 1 is 0.824 bits per heavy atom. The predicted octanol–water partition coefficient (Wildman–Crippen LogP) is 4.63. The summed E-state index contributed by atoms with van der Waals surface area (Å²) in [6.45, 7) is 0.116. The minimum atomic E-state index is -4.81. The van der Waals surface area contributed by atoms with Crippen LogP contribution in [0.4, 0.5) is 18.9 Å². The highest BCUT2D eigenvalue weighted by Gasteiger charge is 2.59. The molecule has 2 heterocycles. The summed E-state index contributed by atoms with van der Waals surface area (Å²) in [7, 11) is 0. The maximum Gasteiger partial charge on any atom is 0.573 e. The monoisotopic (exact) mass is 468 g/mol. The molecule has 6 nitrogen and oxygen atoms in total. The van der Waals surface area contributed by atoms with E-state index < -0.39 is 36.2 Å². The third kappa shape index (κ3) is 4.10. The molecule has 0 bridgehead atoms. The summed E-state index contributed by atoms with van der Waals surface area (Å²) in [6, 6.07) is 22.6. The maximum atomic E-state index is 13.4. The van der Waals surface area contributed by atoms with Gasteiger partial charge in [-0.05, 0) is 35.4 Å². The number of hydrogen-bond acceptors (Lipinski definition) is 5. The van der Waals surface area contributed by atoms with Crippen molar-refractivity contribution in [3.05, 3.63) is 96.1 Å². The highest BCUT2D eigenvalue weighted by molar-refractivity contribution is 6.07. The Balaban J connectivity index is 1.49. The average Bonchev–Trinajstić information content (AvgIpc) is 3.32. The molecule has 0 radical (unpaired) electrons. The Kier molecular flexibility index (Phi) is 5.49. The number of para-hydroxylation sites is 1. The summed E-state index contributed by atoms with van der Waals surface area (Å²) in [6.07, 6.45) is -5.85. The van der Waals surface area contributed by atoms with Crippen LogP contribution in [-0.2, 0) is 21.0 Å². The fourth-order valence-electron chi connectivity index (χ4n) is 4.40. The van der Waals surface area contributed by atoms with Crippen LogP contribution in [0, 0.1) is 5.92 Å². The average molecular weight is 468 g/mol. The van der Waals surface area contributed by atoms with Gasteiger partial charge in [0.15, 0.2) is 6.10 Å². The van der Waals surface area contributed by atoms with Gasteiger partial charge in [-0.15, -0.1) is 13.2 Å². The van der Waals surface area contributed by atoms with Gasteiger partial charge in [0.25, 0.3) is 5.91 Å². The number of benzene rings is 3. The van der Waals surface area contributed by atoms with E-state index in [2.05, 4.69) is 4.74 Å². The van der Waals surface area contributed by atoms with E-state index >= 15 is 0 Å². The lowest BCUT2D eigenvalue weighted by molar-refractivity contribution is -0.274. The number of nitrogens with zero attached hydrogens (tertiary/aromatic N) is 2. The largest absolute Gasteiger partial charge is 0.573 e. The second-order valence-electron chi connectivity index (χ2n) is 8.02. The maximum absolute atomic E-state index is 13.4. The number of anilines is 1. The molecule has 3 atom stereocenters. The number of amides is 2. The number of rotatable bonds is 5. The molecule has 2 saturated heterocycles. The van der Waals surface area contributed by atoms with Gasteiger partial charge in [0, 0.05) is 0 Å². The van der Waals surface area contributed by atoms with Crippen LogP contribution in [-0.4, -0.2) is 29.2 Å². The first-order valence-corrected chi connectivity index (χ1v) is 10.6. The van der Waals surface area contributed by atoms with Crippen molar-refractivity contribution in [1.82, 2.24) is 4.90 Å². The second kappa shape index (κ2) is 8.49. The minimum Gasteiger partial charge on any atom is -0.406 e. The van der Waals surface area contributed by atoms with Crippen molar-refractivity contribution in [1.29, 1.82) is 0 Å². The first kappa shape index (κ1) is 22.0. The van der Waals surface area contributed by atoms with Crippen molar-refractivity contribution in [3.63, 3.8) is 0 Å². The highest BCUT2D eigenvalue weighted by atomic mass is 19.4. The van der Waals surface area contributed by atoms with Gasteiger partial charge in [-0.3, -0.25) is 19.3 Å². The van der Waals surface area contributed by atoms with Gasteiger partial charge in [0.1, 0.15) is 11.7 Å². The van der Waals surface area contributed by atoms with Crippen LogP contribution < -0.4 is 9.80 Å². The lowest BCUT2D eigenvalue weighted by Gasteiger charge is -2.29. The van der Waals surface area contributed by atoms with E-state index in [1.165, 1.54) is 34.2 Å². The van der Waals surface area contributed by atoms with Crippen LogP contribution >= 0.6 is 0 Å². The lowest BCUT2D eigenvalue weighted by atomic mass is 9.90. The molecule has 174 valence electrons. The number of carbonyl (C=O) groups excluding carboxylic acids is 2. The van der Waals surface area contributed by atoms with Crippen molar-refractivity contribution >= 4 is 17.5 Å². The summed E-state index contributed by atoms with van der Waals surface area (Å²) in [5.74, 6) is -2.07. The minimum absolute atomic E-state index is 0.116. The molecule has 2 fully saturated rings. The molecular formula is C25H19F3N2O4. The molecule has 0 unspecified atom stereocenters. The molecule has 2 aliphatic heterocycles. The number of halogens is 3. The van der Waals surface area contributed by atoms with E-state index in [4.69, 9.17) is 4.84 Å². The standard InChI is InChI=1S/C25H19F3N2O4/c26-25(27,28)33-19-13-11-17(12-14-19)21-20-22(34-30(21)18-9-5-2-6-10-18)24(32)29(23(20)31)15-16-7-3-1-4-8-16/h1-14,20-22H,15H2/t20-,21+,22-/m0/s1. The summed E-state index contributed by atoms with van der Waals surface area (Å²) in [5, 5.41) is 1.49. The highest BCUT2D eigenvalue weighted by Crippen LogP contribution is 2.47. The molecule has 2 amide bonds. The third-order valence-corrected chi connectivity index (χ3v) is 5.86. The van der Waals surface area contributed by atoms with Gasteiger partial charge in [-0.2, -0.15) is 0 Å². The van der Waals surface area contributed by atoms with Gasteiger partial charge in [0.2, 0.25) is 5.91 Å². The molecule has 5 rings (SSSR count). The zero-order chi connectivity index (χ0) is 23.9. The molecule has 3 aromatic rings. The summed E-state index contributed by atoms with van der Waals surface area (Å²) >= 11 is 0. The molecule has 2 aliphatic rings. The topological polar surface area (TPSA) is 59.1 Å². The molecule has 9 heteroatoms. The number of hydrogen-bond donors (Lipinski definition) is 0. The second-order valence-corrected chi connectivity index (χ2v) is 8.02. The molecule has 0 saturated carbocycles. The number of fused-ring (bicyclic) bond motifs is 1. The summed E-state index contributed by atoms with van der Waals surface area (Å²) < 4.78 is 41.7. The Morgan fingerprint density at radius 3 is 2.06 bits per heavy atom. The molecule has 34 heavy (non-hydrogen) atoms. The molecule has 3 aromatic carbocycles. The SMILES string of the molecule is O=C1[C@@H]2[C@H](ON(c3ccccc3)[C@@H]2c2ccc(OC(F)(F)F)cc2)C(=O)N1Cc1ccccc1. The number of carbonyl (C=O) groups is 2.